The van der Waals surface area contributed by atoms with Gasteiger partial charge in [-0.05, 0) is 74.2 Å². The topological polar surface area (TPSA) is 153 Å². The van der Waals surface area contributed by atoms with Gasteiger partial charge >= 0.3 is 0 Å². The van der Waals surface area contributed by atoms with Crippen molar-refractivity contribution < 1.29 is 23.8 Å². The molecule has 2 amide bonds. The van der Waals surface area contributed by atoms with Crippen molar-refractivity contribution in [3.63, 3.8) is 0 Å². The number of nitrogens with two attached hydrogens (primary N) is 2. The van der Waals surface area contributed by atoms with Crippen LogP contribution in [0.2, 0.25) is 0 Å². The fourth-order valence-corrected chi connectivity index (χ4v) is 5.41. The molecule has 6 N–H and O–H groups in total. The Morgan fingerprint density at radius 2 is 1.92 bits per heavy atom. The average molecular weight is 550 g/mol. The molecule has 11 heteroatoms. The molecule has 1 saturated carbocycles. The summed E-state index contributed by atoms with van der Waals surface area (Å²) in [4.78, 5) is 34.0. The monoisotopic (exact) mass is 549 g/mol. The number of benzene rings is 2. The quantitative estimate of drug-likeness (QED) is 0.236. The second-order valence-electron chi connectivity index (χ2n) is 9.54. The minimum absolute atomic E-state index is 0.112. The minimum Gasteiger partial charge on any atom is -0.491 e. The Kier molecular flexibility index (Phi) is 7.19. The molecular weight excluding hydrogens is 521 g/mol. The second-order valence-corrected chi connectivity index (χ2v) is 10.6. The van der Waals surface area contributed by atoms with E-state index in [1.54, 1.807) is 43.3 Å². The van der Waals surface area contributed by atoms with E-state index in [9.17, 15) is 19.1 Å². The van der Waals surface area contributed by atoms with E-state index in [0.29, 0.717) is 45.4 Å². The van der Waals surface area contributed by atoms with Crippen LogP contribution in [0.5, 0.6) is 5.75 Å². The smallest absolute Gasteiger partial charge is 0.251 e. The van der Waals surface area contributed by atoms with Crippen LogP contribution in [-0.2, 0) is 16.8 Å². The van der Waals surface area contributed by atoms with Gasteiger partial charge < -0.3 is 26.6 Å². The molecule has 4 aromatic rings. The third kappa shape index (κ3) is 5.55. The van der Waals surface area contributed by atoms with Crippen molar-refractivity contribution in [3.8, 4) is 17.0 Å². The molecule has 1 aliphatic rings. The van der Waals surface area contributed by atoms with Crippen molar-refractivity contribution in [2.45, 2.75) is 31.8 Å². The van der Waals surface area contributed by atoms with Crippen LogP contribution in [0.3, 0.4) is 0 Å². The number of hydrogen-bond acceptors (Lipinski definition) is 8. The highest BCUT2D eigenvalue weighted by Gasteiger charge is 2.47. The largest absolute Gasteiger partial charge is 0.491 e. The molecular formula is C28H28FN5O4S. The number of anilines is 1. The molecule has 5 rings (SSSR count). The average Bonchev–Trinajstić information content (AvgIpc) is 3.69. The van der Waals surface area contributed by atoms with Crippen LogP contribution in [0.1, 0.15) is 41.4 Å². The Hall–Kier alpha value is -4.09. The number of rotatable bonds is 10. The molecule has 0 aliphatic heterocycles. The predicted molar refractivity (Wildman–Crippen MR) is 147 cm³/mol. The maximum Gasteiger partial charge on any atom is 0.251 e. The third-order valence-electron chi connectivity index (χ3n) is 6.70. The fraction of sp³-hybridized carbons (Fsp3) is 0.286. The SMILES string of the molecule is CCOc1c(CC(N)=O)cc([C@@](O)(CNC(=O)c2ccc3nc(N)sc3c2)C2CC2)nc1-c1ccc(F)cc1. The van der Waals surface area contributed by atoms with E-state index < -0.39 is 17.3 Å². The van der Waals surface area contributed by atoms with E-state index in [4.69, 9.17) is 21.2 Å². The van der Waals surface area contributed by atoms with Crippen LogP contribution >= 0.6 is 11.3 Å². The molecule has 0 spiro atoms. The number of nitrogens with one attached hydrogen (secondary N) is 1. The molecule has 0 unspecified atom stereocenters. The molecule has 2 aromatic carbocycles. The Balaban J connectivity index is 1.52. The van der Waals surface area contributed by atoms with E-state index in [1.807, 2.05) is 0 Å². The van der Waals surface area contributed by atoms with Crippen molar-refractivity contribution in [1.29, 1.82) is 0 Å². The van der Waals surface area contributed by atoms with E-state index in [1.165, 1.54) is 23.5 Å². The zero-order chi connectivity index (χ0) is 27.7. The Morgan fingerprint density at radius 3 is 2.59 bits per heavy atom. The number of primary amides is 1. The molecule has 2 heterocycles. The van der Waals surface area contributed by atoms with Crippen LogP contribution in [0, 0.1) is 11.7 Å². The number of carbonyl (C=O) groups is 2. The first kappa shape index (κ1) is 26.5. The summed E-state index contributed by atoms with van der Waals surface area (Å²) < 4.78 is 20.3. The second kappa shape index (κ2) is 10.6. The molecule has 0 bridgehead atoms. The lowest BCUT2D eigenvalue weighted by molar-refractivity contribution is -0.117. The van der Waals surface area contributed by atoms with Crippen LogP contribution in [0.15, 0.2) is 48.5 Å². The zero-order valence-corrected chi connectivity index (χ0v) is 22.1. The molecule has 39 heavy (non-hydrogen) atoms. The highest BCUT2D eigenvalue weighted by atomic mass is 32.1. The van der Waals surface area contributed by atoms with Gasteiger partial charge in [-0.1, -0.05) is 11.3 Å². The van der Waals surface area contributed by atoms with Gasteiger partial charge in [-0.3, -0.25) is 9.59 Å². The summed E-state index contributed by atoms with van der Waals surface area (Å²) in [5.74, 6) is -1.19. The Morgan fingerprint density at radius 1 is 1.18 bits per heavy atom. The summed E-state index contributed by atoms with van der Waals surface area (Å²) in [6.07, 6.45) is 1.33. The van der Waals surface area contributed by atoms with Gasteiger partial charge in [-0.25, -0.2) is 14.4 Å². The number of halogens is 1. The molecule has 1 fully saturated rings. The maximum atomic E-state index is 13.7. The summed E-state index contributed by atoms with van der Waals surface area (Å²) in [6, 6.07) is 12.4. The highest BCUT2D eigenvalue weighted by Crippen LogP contribution is 2.46. The number of amides is 2. The number of pyridine rings is 1. The van der Waals surface area contributed by atoms with Crippen LogP contribution < -0.4 is 21.5 Å². The standard InChI is InChI=1S/C28H28FN5O4S/c1-2-38-25-17(13-23(30)35)12-22(34-24(25)15-3-8-19(29)9-4-15)28(37,18-6-7-18)14-32-26(36)16-5-10-20-21(11-16)39-27(31)33-20/h3-5,8-12,18,37H,2,6-7,13-14H2,1H3,(H2,30,35)(H2,31,33)(H,32,36)/t28-/m1/s1. The summed E-state index contributed by atoms with van der Waals surface area (Å²) in [7, 11) is 0. The highest BCUT2D eigenvalue weighted by molar-refractivity contribution is 7.22. The predicted octanol–water partition coefficient (Wildman–Crippen LogP) is 3.53. The Labute approximate surface area is 228 Å². The number of aromatic nitrogens is 2. The lowest BCUT2D eigenvalue weighted by Gasteiger charge is -2.30. The van der Waals surface area contributed by atoms with E-state index in [0.717, 1.165) is 17.5 Å². The number of hydrogen-bond donors (Lipinski definition) is 4. The summed E-state index contributed by atoms with van der Waals surface area (Å²) in [6.45, 7) is 1.98. The van der Waals surface area contributed by atoms with Gasteiger partial charge in [0, 0.05) is 16.7 Å². The maximum absolute atomic E-state index is 13.7. The first-order chi connectivity index (χ1) is 18.7. The van der Waals surface area contributed by atoms with Gasteiger partial charge in [0.25, 0.3) is 5.91 Å². The van der Waals surface area contributed by atoms with Gasteiger partial charge in [-0.2, -0.15) is 0 Å². The number of nitrogens with zero attached hydrogens (tertiary/aromatic N) is 2. The van der Waals surface area contributed by atoms with E-state index in [-0.39, 0.29) is 30.5 Å². The number of aliphatic hydroxyl groups is 1. The summed E-state index contributed by atoms with van der Waals surface area (Å²) >= 11 is 1.29. The van der Waals surface area contributed by atoms with Crippen LogP contribution in [0.25, 0.3) is 21.5 Å². The zero-order valence-electron chi connectivity index (χ0n) is 21.2. The van der Waals surface area contributed by atoms with Crippen molar-refractivity contribution in [3.05, 3.63) is 71.2 Å². The fourth-order valence-electron chi connectivity index (χ4n) is 4.64. The van der Waals surface area contributed by atoms with Gasteiger partial charge in [-0.15, -0.1) is 0 Å². The van der Waals surface area contributed by atoms with Gasteiger partial charge in [0.15, 0.2) is 5.13 Å². The summed E-state index contributed by atoms with van der Waals surface area (Å²) in [5.41, 5.74) is 12.5. The van der Waals surface area contributed by atoms with E-state index >= 15 is 0 Å². The molecule has 9 nitrogen and oxygen atoms in total. The minimum atomic E-state index is -1.53. The number of fused-ring (bicyclic) bond motifs is 1. The lowest BCUT2D eigenvalue weighted by atomic mass is 9.90. The van der Waals surface area contributed by atoms with Crippen LogP contribution in [0.4, 0.5) is 9.52 Å². The van der Waals surface area contributed by atoms with Gasteiger partial charge in [0.1, 0.15) is 22.9 Å². The van der Waals surface area contributed by atoms with Gasteiger partial charge in [0.2, 0.25) is 5.91 Å². The number of ether oxygens (including phenoxy) is 1. The Bertz CT molecular complexity index is 1550. The van der Waals surface area contributed by atoms with E-state index in [2.05, 4.69) is 10.3 Å². The van der Waals surface area contributed by atoms with Crippen molar-refractivity contribution in [2.24, 2.45) is 11.7 Å². The lowest BCUT2D eigenvalue weighted by Crippen LogP contribution is -2.43. The molecule has 202 valence electrons. The number of thiazole rings is 1. The summed E-state index contributed by atoms with van der Waals surface area (Å²) in [5, 5.41) is 15.2. The molecule has 2 aromatic heterocycles. The van der Waals surface area contributed by atoms with Crippen molar-refractivity contribution >= 4 is 38.5 Å². The molecule has 0 radical (unpaired) electrons. The third-order valence-corrected chi connectivity index (χ3v) is 7.55. The molecule has 1 atom stereocenters. The normalized spacial score (nSPS) is 14.6. The number of nitrogen functional groups attached to an aromatic ring is 1. The number of carbonyl (C=O) groups excluding carboxylic acids is 2. The first-order valence-electron chi connectivity index (χ1n) is 12.6. The molecule has 1 aliphatic carbocycles. The van der Waals surface area contributed by atoms with Gasteiger partial charge in [0.05, 0.1) is 35.5 Å². The first-order valence-corrected chi connectivity index (χ1v) is 13.4. The molecule has 0 saturated heterocycles. The van der Waals surface area contributed by atoms with Crippen molar-refractivity contribution in [2.75, 3.05) is 18.9 Å². The van der Waals surface area contributed by atoms with Crippen LogP contribution in [-0.4, -0.2) is 40.0 Å². The van der Waals surface area contributed by atoms with Crippen molar-refractivity contribution in [1.82, 2.24) is 15.3 Å².